The number of nitrogens with zero attached hydrogens (tertiary/aromatic N) is 2. The summed E-state index contributed by atoms with van der Waals surface area (Å²) >= 11 is 6.21. The van der Waals surface area contributed by atoms with E-state index in [1.54, 1.807) is 18.0 Å². The Morgan fingerprint density at radius 3 is 2.50 bits per heavy atom. The molecule has 2 aromatic carbocycles. The minimum atomic E-state index is 0.643. The smallest absolute Gasteiger partial charge is 0.119 e. The second-order valence-electron chi connectivity index (χ2n) is 4.90. The van der Waals surface area contributed by atoms with Gasteiger partial charge in [0.2, 0.25) is 0 Å². The number of halogens is 1. The molecule has 0 fully saturated rings. The van der Waals surface area contributed by atoms with Crippen LogP contribution in [-0.2, 0) is 7.05 Å². The largest absolute Gasteiger partial charge is 0.497 e. The van der Waals surface area contributed by atoms with E-state index in [1.165, 1.54) is 0 Å². The number of hydrogen-bond acceptors (Lipinski definition) is 3. The molecule has 4 nitrogen and oxygen atoms in total. The van der Waals surface area contributed by atoms with E-state index in [4.69, 9.17) is 16.3 Å². The zero-order chi connectivity index (χ0) is 15.5. The normalized spacial score (nSPS) is 10.5. The molecule has 112 valence electrons. The van der Waals surface area contributed by atoms with Crippen molar-refractivity contribution in [1.29, 1.82) is 0 Å². The van der Waals surface area contributed by atoms with E-state index in [9.17, 15) is 0 Å². The van der Waals surface area contributed by atoms with Crippen molar-refractivity contribution in [3.8, 4) is 17.0 Å². The molecule has 1 aromatic heterocycles. The van der Waals surface area contributed by atoms with Crippen LogP contribution >= 0.6 is 11.6 Å². The van der Waals surface area contributed by atoms with Gasteiger partial charge in [0.25, 0.3) is 0 Å². The number of ether oxygens (including phenoxy) is 1. The highest BCUT2D eigenvalue weighted by atomic mass is 35.5. The van der Waals surface area contributed by atoms with Gasteiger partial charge in [0.15, 0.2) is 0 Å². The van der Waals surface area contributed by atoms with Gasteiger partial charge in [-0.15, -0.1) is 0 Å². The van der Waals surface area contributed by atoms with Crippen molar-refractivity contribution < 1.29 is 4.74 Å². The number of benzene rings is 2. The number of aromatic nitrogens is 2. The van der Waals surface area contributed by atoms with Crippen LogP contribution in [0.15, 0.2) is 54.7 Å². The first-order valence-electron chi connectivity index (χ1n) is 6.86. The lowest BCUT2D eigenvalue weighted by atomic mass is 10.1. The summed E-state index contributed by atoms with van der Waals surface area (Å²) < 4.78 is 6.93. The summed E-state index contributed by atoms with van der Waals surface area (Å²) in [6, 6.07) is 15.9. The Labute approximate surface area is 134 Å². The molecule has 3 rings (SSSR count). The van der Waals surface area contributed by atoms with Crippen LogP contribution < -0.4 is 10.1 Å². The van der Waals surface area contributed by atoms with Crippen molar-refractivity contribution in [2.45, 2.75) is 0 Å². The first-order chi connectivity index (χ1) is 10.7. The zero-order valence-electron chi connectivity index (χ0n) is 12.4. The molecular formula is C17H16ClN3O. The Morgan fingerprint density at radius 2 is 1.86 bits per heavy atom. The van der Waals surface area contributed by atoms with E-state index in [2.05, 4.69) is 10.4 Å². The SMILES string of the molecule is COc1ccc(Nc2cccc(-c3c(Cl)cnn3C)c2)cc1. The molecule has 0 saturated carbocycles. The lowest BCUT2D eigenvalue weighted by Gasteiger charge is -2.10. The minimum absolute atomic E-state index is 0.643. The molecule has 0 aliphatic rings. The second kappa shape index (κ2) is 6.12. The third kappa shape index (κ3) is 2.92. The average molecular weight is 314 g/mol. The summed E-state index contributed by atoms with van der Waals surface area (Å²) in [6.07, 6.45) is 1.65. The highest BCUT2D eigenvalue weighted by Gasteiger charge is 2.09. The van der Waals surface area contributed by atoms with Gasteiger partial charge in [-0.3, -0.25) is 4.68 Å². The van der Waals surface area contributed by atoms with Crippen LogP contribution in [0.2, 0.25) is 5.02 Å². The zero-order valence-corrected chi connectivity index (χ0v) is 13.1. The monoisotopic (exact) mass is 313 g/mol. The molecule has 1 N–H and O–H groups in total. The molecule has 0 atom stereocenters. The molecule has 22 heavy (non-hydrogen) atoms. The molecule has 0 saturated heterocycles. The Kier molecular flexibility index (Phi) is 4.02. The Hall–Kier alpha value is -2.46. The van der Waals surface area contributed by atoms with Crippen LogP contribution in [0.1, 0.15) is 0 Å². The van der Waals surface area contributed by atoms with E-state index in [-0.39, 0.29) is 0 Å². The summed E-state index contributed by atoms with van der Waals surface area (Å²) in [5.74, 6) is 0.834. The highest BCUT2D eigenvalue weighted by Crippen LogP contribution is 2.29. The summed E-state index contributed by atoms with van der Waals surface area (Å²) in [5.41, 5.74) is 3.90. The lowest BCUT2D eigenvalue weighted by Crippen LogP contribution is -1.95. The highest BCUT2D eigenvalue weighted by molar-refractivity contribution is 6.33. The van der Waals surface area contributed by atoms with Gasteiger partial charge in [0, 0.05) is 24.0 Å². The fourth-order valence-corrected chi connectivity index (χ4v) is 2.60. The fraction of sp³-hybridized carbons (Fsp3) is 0.118. The molecule has 5 heteroatoms. The molecule has 3 aromatic rings. The van der Waals surface area contributed by atoms with Gasteiger partial charge in [-0.1, -0.05) is 23.7 Å². The van der Waals surface area contributed by atoms with Gasteiger partial charge in [0.05, 0.1) is 24.0 Å². The van der Waals surface area contributed by atoms with Gasteiger partial charge in [-0.05, 0) is 36.4 Å². The Morgan fingerprint density at radius 1 is 1.09 bits per heavy atom. The van der Waals surface area contributed by atoms with Gasteiger partial charge >= 0.3 is 0 Å². The van der Waals surface area contributed by atoms with Crippen LogP contribution in [0.4, 0.5) is 11.4 Å². The molecule has 0 bridgehead atoms. The van der Waals surface area contributed by atoms with Crippen LogP contribution in [-0.4, -0.2) is 16.9 Å². The van der Waals surface area contributed by atoms with Crippen LogP contribution in [0, 0.1) is 0 Å². The first-order valence-corrected chi connectivity index (χ1v) is 7.24. The molecule has 0 aliphatic carbocycles. The van der Waals surface area contributed by atoms with Crippen molar-refractivity contribution >= 4 is 23.0 Å². The van der Waals surface area contributed by atoms with Gasteiger partial charge in [-0.2, -0.15) is 5.10 Å². The van der Waals surface area contributed by atoms with Crippen molar-refractivity contribution in [2.75, 3.05) is 12.4 Å². The number of anilines is 2. The molecule has 0 aliphatic heterocycles. The maximum atomic E-state index is 6.21. The van der Waals surface area contributed by atoms with E-state index in [0.717, 1.165) is 28.4 Å². The van der Waals surface area contributed by atoms with Crippen LogP contribution in [0.25, 0.3) is 11.3 Å². The number of hydrogen-bond donors (Lipinski definition) is 1. The van der Waals surface area contributed by atoms with Crippen molar-refractivity contribution in [3.05, 3.63) is 59.8 Å². The molecule has 1 heterocycles. The quantitative estimate of drug-likeness (QED) is 0.771. The number of aryl methyl sites for hydroxylation is 1. The summed E-state index contributed by atoms with van der Waals surface area (Å²) in [4.78, 5) is 0. The van der Waals surface area contributed by atoms with Crippen molar-refractivity contribution in [1.82, 2.24) is 9.78 Å². The Balaban J connectivity index is 1.88. The maximum absolute atomic E-state index is 6.21. The van der Waals surface area contributed by atoms with Gasteiger partial charge in [0.1, 0.15) is 5.75 Å². The summed E-state index contributed by atoms with van der Waals surface area (Å²) in [7, 11) is 3.54. The van der Waals surface area contributed by atoms with E-state index < -0.39 is 0 Å². The van der Waals surface area contributed by atoms with Crippen molar-refractivity contribution in [3.63, 3.8) is 0 Å². The van der Waals surface area contributed by atoms with Gasteiger partial charge in [-0.25, -0.2) is 0 Å². The minimum Gasteiger partial charge on any atom is -0.497 e. The topological polar surface area (TPSA) is 39.1 Å². The van der Waals surface area contributed by atoms with Crippen LogP contribution in [0.5, 0.6) is 5.75 Å². The fourth-order valence-electron chi connectivity index (χ4n) is 2.32. The average Bonchev–Trinajstić information content (AvgIpc) is 2.87. The number of nitrogens with one attached hydrogen (secondary N) is 1. The molecule has 0 spiro atoms. The molecule has 0 unspecified atom stereocenters. The standard InChI is InChI=1S/C17H16ClN3O/c1-21-17(16(18)11-19-21)12-4-3-5-14(10-12)20-13-6-8-15(22-2)9-7-13/h3-11,20H,1-2H3. The van der Waals surface area contributed by atoms with E-state index in [1.807, 2.05) is 55.6 Å². The van der Waals surface area contributed by atoms with Crippen LogP contribution in [0.3, 0.4) is 0 Å². The predicted molar refractivity (Wildman–Crippen MR) is 89.9 cm³/mol. The molecule has 0 radical (unpaired) electrons. The van der Waals surface area contributed by atoms with Crippen molar-refractivity contribution in [2.24, 2.45) is 7.05 Å². The number of rotatable bonds is 4. The molecular weight excluding hydrogens is 298 g/mol. The first kappa shape index (κ1) is 14.5. The number of methoxy groups -OCH3 is 1. The maximum Gasteiger partial charge on any atom is 0.119 e. The predicted octanol–water partition coefficient (Wildman–Crippen LogP) is 4.49. The summed E-state index contributed by atoms with van der Waals surface area (Å²) in [6.45, 7) is 0. The lowest BCUT2D eigenvalue weighted by molar-refractivity contribution is 0.415. The second-order valence-corrected chi connectivity index (χ2v) is 5.31. The third-order valence-electron chi connectivity index (χ3n) is 3.41. The molecule has 0 amide bonds. The van der Waals surface area contributed by atoms with E-state index in [0.29, 0.717) is 5.02 Å². The Bertz CT molecular complexity index is 761. The third-order valence-corrected chi connectivity index (χ3v) is 3.69. The summed E-state index contributed by atoms with van der Waals surface area (Å²) in [5, 5.41) is 8.19. The van der Waals surface area contributed by atoms with E-state index >= 15 is 0 Å². The van der Waals surface area contributed by atoms with Gasteiger partial charge < -0.3 is 10.1 Å².